The minimum Gasteiger partial charge on any atom is -0.307 e. The van der Waals surface area contributed by atoms with E-state index in [4.69, 9.17) is 7.85 Å². The van der Waals surface area contributed by atoms with Crippen LogP contribution >= 0.6 is 0 Å². The maximum Gasteiger partial charge on any atom is 0.146 e. The molecule has 2 fully saturated rings. The summed E-state index contributed by atoms with van der Waals surface area (Å²) in [6.07, 6.45) is 4.68. The van der Waals surface area contributed by atoms with Gasteiger partial charge < -0.3 is 5.32 Å². The molecule has 14 heavy (non-hydrogen) atoms. The smallest absolute Gasteiger partial charge is 0.146 e. The van der Waals surface area contributed by atoms with E-state index in [0.717, 1.165) is 19.4 Å². The van der Waals surface area contributed by atoms with Crippen LogP contribution in [0.2, 0.25) is 5.82 Å². The largest absolute Gasteiger partial charge is 0.307 e. The summed E-state index contributed by atoms with van der Waals surface area (Å²) in [6.45, 7) is 2.62. The Morgan fingerprint density at radius 2 is 2.21 bits per heavy atom. The van der Waals surface area contributed by atoms with Gasteiger partial charge in [0.15, 0.2) is 0 Å². The lowest BCUT2D eigenvalue weighted by atomic mass is 9.61. The van der Waals surface area contributed by atoms with Gasteiger partial charge in [-0.25, -0.2) is 0 Å². The Hall–Kier alpha value is -0.305. The average Bonchev–Trinajstić information content (AvgIpc) is 2.17. The molecule has 1 saturated heterocycles. The molecule has 0 aromatic carbocycles. The van der Waals surface area contributed by atoms with Gasteiger partial charge in [-0.3, -0.25) is 4.79 Å². The standard InChI is InChI=1S/C11H18BNO/c1-7(14)11-5-8-3-2-4-10(12)9(8)6-13-11/h8-11,13H,2-6H2,1H3/t8-,9+,10?,11-/m0/s1. The van der Waals surface area contributed by atoms with E-state index in [9.17, 15) is 4.79 Å². The Balaban J connectivity index is 1.99. The molecule has 0 spiro atoms. The van der Waals surface area contributed by atoms with E-state index in [2.05, 4.69) is 5.32 Å². The molecule has 1 saturated carbocycles. The number of piperidine rings is 1. The van der Waals surface area contributed by atoms with E-state index in [1.54, 1.807) is 6.92 Å². The maximum absolute atomic E-state index is 11.3. The monoisotopic (exact) mass is 191 g/mol. The highest BCUT2D eigenvalue weighted by atomic mass is 16.1. The minimum atomic E-state index is 0.0987. The molecule has 2 rings (SSSR count). The zero-order valence-corrected chi connectivity index (χ0v) is 8.83. The van der Waals surface area contributed by atoms with Gasteiger partial charge in [-0.1, -0.05) is 25.1 Å². The molecule has 4 atom stereocenters. The van der Waals surface area contributed by atoms with Crippen LogP contribution in [0.1, 0.15) is 32.6 Å². The van der Waals surface area contributed by atoms with E-state index in [1.165, 1.54) is 12.8 Å². The Morgan fingerprint density at radius 3 is 2.93 bits per heavy atom. The van der Waals surface area contributed by atoms with Gasteiger partial charge in [0.2, 0.25) is 0 Å². The average molecular weight is 191 g/mol. The van der Waals surface area contributed by atoms with Crippen LogP contribution in [-0.2, 0) is 4.79 Å². The summed E-state index contributed by atoms with van der Waals surface area (Å²) in [5.74, 6) is 1.94. The number of carbonyl (C=O) groups is 1. The first-order chi connectivity index (χ1) is 6.68. The van der Waals surface area contributed by atoms with Crippen molar-refractivity contribution in [2.75, 3.05) is 6.54 Å². The first kappa shape index (κ1) is 10.2. The summed E-state index contributed by atoms with van der Waals surface area (Å²) in [5.41, 5.74) is 0. The number of Topliss-reactive ketones (excluding diaryl/α,β-unsaturated/α-hetero) is 1. The lowest BCUT2D eigenvalue weighted by molar-refractivity contribution is -0.120. The topological polar surface area (TPSA) is 29.1 Å². The second-order valence-electron chi connectivity index (χ2n) is 4.83. The Bertz CT molecular complexity index is 231. The number of nitrogens with one attached hydrogen (secondary N) is 1. The summed E-state index contributed by atoms with van der Waals surface area (Å²) >= 11 is 0. The van der Waals surface area contributed by atoms with Gasteiger partial charge in [0.25, 0.3) is 0 Å². The Morgan fingerprint density at radius 1 is 1.43 bits per heavy atom. The van der Waals surface area contributed by atoms with E-state index in [1.807, 2.05) is 0 Å². The summed E-state index contributed by atoms with van der Waals surface area (Å²) in [5, 5.41) is 3.32. The van der Waals surface area contributed by atoms with Crippen molar-refractivity contribution in [3.63, 3.8) is 0 Å². The molecule has 76 valence electrons. The van der Waals surface area contributed by atoms with Gasteiger partial charge in [0, 0.05) is 0 Å². The van der Waals surface area contributed by atoms with Gasteiger partial charge in [0.1, 0.15) is 5.78 Å². The SMILES string of the molecule is [B]C1CCC[C@H]2C[C@@H](C(C)=O)NC[C@@H]12. The van der Waals surface area contributed by atoms with Crippen LogP contribution < -0.4 is 5.32 Å². The fourth-order valence-corrected chi connectivity index (χ4v) is 2.98. The molecule has 2 aliphatic rings. The lowest BCUT2D eigenvalue weighted by Gasteiger charge is -2.43. The number of rotatable bonds is 1. The predicted octanol–water partition coefficient (Wildman–Crippen LogP) is 1.31. The van der Waals surface area contributed by atoms with E-state index in [0.29, 0.717) is 17.7 Å². The molecule has 2 radical (unpaired) electrons. The van der Waals surface area contributed by atoms with Crippen molar-refractivity contribution < 1.29 is 4.79 Å². The van der Waals surface area contributed by atoms with Crippen LogP contribution in [-0.4, -0.2) is 26.2 Å². The highest BCUT2D eigenvalue weighted by molar-refractivity contribution is 6.11. The van der Waals surface area contributed by atoms with Crippen molar-refractivity contribution in [3.05, 3.63) is 0 Å². The molecular formula is C11H18BNO. The lowest BCUT2D eigenvalue weighted by Crippen LogP contribution is -2.49. The minimum absolute atomic E-state index is 0.0987. The first-order valence-electron chi connectivity index (χ1n) is 5.68. The van der Waals surface area contributed by atoms with Crippen LogP contribution in [0.5, 0.6) is 0 Å². The zero-order valence-electron chi connectivity index (χ0n) is 8.83. The molecule has 1 unspecified atom stereocenters. The van der Waals surface area contributed by atoms with Crippen molar-refractivity contribution in [1.29, 1.82) is 0 Å². The molecule has 0 bridgehead atoms. The van der Waals surface area contributed by atoms with Crippen LogP contribution in [0.4, 0.5) is 0 Å². The van der Waals surface area contributed by atoms with Gasteiger partial charge >= 0.3 is 0 Å². The number of hydrogen-bond acceptors (Lipinski definition) is 2. The zero-order chi connectivity index (χ0) is 10.1. The van der Waals surface area contributed by atoms with Gasteiger partial charge in [-0.05, 0) is 31.7 Å². The molecule has 0 aromatic heterocycles. The molecular weight excluding hydrogens is 173 g/mol. The molecule has 0 aromatic rings. The molecule has 0 amide bonds. The highest BCUT2D eigenvalue weighted by Crippen LogP contribution is 2.40. The number of hydrogen-bond donors (Lipinski definition) is 1. The Kier molecular flexibility index (Phi) is 2.96. The van der Waals surface area contributed by atoms with Crippen LogP contribution in [0.15, 0.2) is 0 Å². The molecule has 2 nitrogen and oxygen atoms in total. The highest BCUT2D eigenvalue weighted by Gasteiger charge is 2.36. The third-order valence-electron chi connectivity index (χ3n) is 3.90. The molecule has 1 N–H and O–H groups in total. The van der Waals surface area contributed by atoms with Crippen molar-refractivity contribution in [2.24, 2.45) is 11.8 Å². The van der Waals surface area contributed by atoms with Gasteiger partial charge in [-0.2, -0.15) is 0 Å². The van der Waals surface area contributed by atoms with Crippen molar-refractivity contribution >= 4 is 13.6 Å². The number of fused-ring (bicyclic) bond motifs is 1. The number of ketones is 1. The predicted molar refractivity (Wildman–Crippen MR) is 57.4 cm³/mol. The quantitative estimate of drug-likeness (QED) is 0.633. The van der Waals surface area contributed by atoms with Crippen molar-refractivity contribution in [2.45, 2.75) is 44.5 Å². The summed E-state index contributed by atoms with van der Waals surface area (Å²) in [6, 6.07) is 0.0987. The Labute approximate surface area is 87.2 Å². The fraction of sp³-hybridized carbons (Fsp3) is 0.909. The van der Waals surface area contributed by atoms with E-state index in [-0.39, 0.29) is 11.8 Å². The second kappa shape index (κ2) is 4.05. The van der Waals surface area contributed by atoms with Crippen LogP contribution in [0.3, 0.4) is 0 Å². The first-order valence-corrected chi connectivity index (χ1v) is 5.68. The summed E-state index contributed by atoms with van der Waals surface area (Å²) in [7, 11) is 6.09. The third-order valence-corrected chi connectivity index (χ3v) is 3.90. The molecule has 3 heteroatoms. The molecule has 1 aliphatic heterocycles. The van der Waals surface area contributed by atoms with E-state index >= 15 is 0 Å². The van der Waals surface area contributed by atoms with Crippen molar-refractivity contribution in [1.82, 2.24) is 5.32 Å². The van der Waals surface area contributed by atoms with Crippen molar-refractivity contribution in [3.8, 4) is 0 Å². The molecule has 1 aliphatic carbocycles. The van der Waals surface area contributed by atoms with Gasteiger partial charge in [-0.15, -0.1) is 0 Å². The van der Waals surface area contributed by atoms with Crippen LogP contribution in [0, 0.1) is 11.8 Å². The van der Waals surface area contributed by atoms with Gasteiger partial charge in [0.05, 0.1) is 13.9 Å². The van der Waals surface area contributed by atoms with Crippen LogP contribution in [0.25, 0.3) is 0 Å². The molecule has 1 heterocycles. The summed E-state index contributed by atoms with van der Waals surface area (Å²) < 4.78 is 0. The fourth-order valence-electron chi connectivity index (χ4n) is 2.98. The summed E-state index contributed by atoms with van der Waals surface area (Å²) in [4.78, 5) is 11.3. The third kappa shape index (κ3) is 1.88. The normalized spacial score (nSPS) is 42.9. The second-order valence-corrected chi connectivity index (χ2v) is 4.83. The number of carbonyl (C=O) groups excluding carboxylic acids is 1. The maximum atomic E-state index is 11.3. The van der Waals surface area contributed by atoms with E-state index < -0.39 is 0 Å².